The van der Waals surface area contributed by atoms with Crippen LogP contribution in [0.4, 0.5) is 0 Å². The van der Waals surface area contributed by atoms with E-state index in [1.807, 2.05) is 0 Å². The molecule has 2 aromatic rings. The predicted octanol–water partition coefficient (Wildman–Crippen LogP) is 0.697. The van der Waals surface area contributed by atoms with Gasteiger partial charge in [0, 0.05) is 18.6 Å². The van der Waals surface area contributed by atoms with E-state index in [1.165, 1.54) is 11.3 Å². The molecule has 0 N–H and O–H groups in total. The maximum atomic E-state index is 11.6. The summed E-state index contributed by atoms with van der Waals surface area (Å²) in [5, 5.41) is 9.32. The molecular formula is C8H8N4OS. The van der Waals surface area contributed by atoms with Crippen molar-refractivity contribution in [2.24, 2.45) is 7.05 Å². The van der Waals surface area contributed by atoms with Crippen LogP contribution < -0.4 is 0 Å². The van der Waals surface area contributed by atoms with Crippen LogP contribution in [0.5, 0.6) is 0 Å². The number of thiazole rings is 1. The number of Topliss-reactive ketones (excluding diaryl/α,β-unsaturated/α-hetero) is 1. The molecule has 0 amide bonds. The van der Waals surface area contributed by atoms with Gasteiger partial charge in [-0.15, -0.1) is 16.4 Å². The van der Waals surface area contributed by atoms with Crippen molar-refractivity contribution in [1.82, 2.24) is 20.0 Å². The molecule has 0 aliphatic rings. The number of hydrogen-bond donors (Lipinski definition) is 0. The van der Waals surface area contributed by atoms with E-state index in [-0.39, 0.29) is 12.2 Å². The molecule has 0 aliphatic heterocycles. The molecule has 0 saturated carbocycles. The van der Waals surface area contributed by atoms with Crippen LogP contribution in [-0.4, -0.2) is 25.8 Å². The molecule has 0 spiro atoms. The Kier molecular flexibility index (Phi) is 2.36. The Bertz CT molecular complexity index is 434. The van der Waals surface area contributed by atoms with Crippen molar-refractivity contribution >= 4 is 17.1 Å². The Morgan fingerprint density at radius 2 is 2.50 bits per heavy atom. The number of hydrogen-bond acceptors (Lipinski definition) is 5. The van der Waals surface area contributed by atoms with Gasteiger partial charge in [0.1, 0.15) is 5.69 Å². The number of carbonyl (C=O) groups excluding carboxylic acids is 1. The third-order valence-corrected chi connectivity index (χ3v) is 2.30. The summed E-state index contributed by atoms with van der Waals surface area (Å²) >= 11 is 1.41. The maximum absolute atomic E-state index is 11.6. The van der Waals surface area contributed by atoms with Crippen LogP contribution in [0.3, 0.4) is 0 Å². The standard InChI is InChI=1S/C8H8N4OS/c1-12-3-6(10-11-12)2-8(13)7-4-14-5-9-7/h3-5H,2H2,1H3. The Morgan fingerprint density at radius 3 is 3.07 bits per heavy atom. The van der Waals surface area contributed by atoms with Crippen molar-refractivity contribution in [2.45, 2.75) is 6.42 Å². The smallest absolute Gasteiger partial charge is 0.188 e. The van der Waals surface area contributed by atoms with Gasteiger partial charge in [-0.3, -0.25) is 9.48 Å². The quantitative estimate of drug-likeness (QED) is 0.696. The first kappa shape index (κ1) is 9.01. The van der Waals surface area contributed by atoms with Gasteiger partial charge < -0.3 is 0 Å². The molecule has 2 aromatic heterocycles. The molecule has 0 saturated heterocycles. The number of ketones is 1. The molecule has 0 fully saturated rings. The average molecular weight is 208 g/mol. The number of carbonyl (C=O) groups is 1. The summed E-state index contributed by atoms with van der Waals surface area (Å²) < 4.78 is 1.57. The molecule has 0 unspecified atom stereocenters. The summed E-state index contributed by atoms with van der Waals surface area (Å²) in [7, 11) is 1.77. The third kappa shape index (κ3) is 1.85. The summed E-state index contributed by atoms with van der Waals surface area (Å²) in [4.78, 5) is 15.5. The van der Waals surface area contributed by atoms with Crippen LogP contribution in [0.2, 0.25) is 0 Å². The zero-order valence-electron chi connectivity index (χ0n) is 7.54. The second kappa shape index (κ2) is 3.67. The van der Waals surface area contributed by atoms with E-state index in [1.54, 1.807) is 28.8 Å². The number of rotatable bonds is 3. The highest BCUT2D eigenvalue weighted by Gasteiger charge is 2.10. The predicted molar refractivity (Wildman–Crippen MR) is 51.2 cm³/mol. The topological polar surface area (TPSA) is 60.7 Å². The van der Waals surface area contributed by atoms with Gasteiger partial charge >= 0.3 is 0 Å². The Balaban J connectivity index is 2.09. The molecule has 0 bridgehead atoms. The Morgan fingerprint density at radius 1 is 1.64 bits per heavy atom. The van der Waals surface area contributed by atoms with Gasteiger partial charge in [-0.1, -0.05) is 5.21 Å². The maximum Gasteiger partial charge on any atom is 0.188 e. The molecular weight excluding hydrogens is 200 g/mol. The molecule has 0 aliphatic carbocycles. The van der Waals surface area contributed by atoms with E-state index in [0.717, 1.165) is 0 Å². The van der Waals surface area contributed by atoms with E-state index in [2.05, 4.69) is 15.3 Å². The van der Waals surface area contributed by atoms with E-state index in [4.69, 9.17) is 0 Å². The second-order valence-electron chi connectivity index (χ2n) is 2.86. The molecule has 0 aromatic carbocycles. The van der Waals surface area contributed by atoms with E-state index >= 15 is 0 Å². The van der Waals surface area contributed by atoms with Gasteiger partial charge in [0.05, 0.1) is 17.6 Å². The third-order valence-electron chi connectivity index (χ3n) is 1.71. The molecule has 0 radical (unpaired) electrons. The lowest BCUT2D eigenvalue weighted by Crippen LogP contribution is -2.03. The van der Waals surface area contributed by atoms with Gasteiger partial charge in [0.2, 0.25) is 0 Å². The molecule has 6 heteroatoms. The van der Waals surface area contributed by atoms with Crippen LogP contribution in [0.15, 0.2) is 17.1 Å². The van der Waals surface area contributed by atoms with Crippen molar-refractivity contribution in [1.29, 1.82) is 0 Å². The van der Waals surface area contributed by atoms with Crippen LogP contribution in [0.1, 0.15) is 16.2 Å². The molecule has 72 valence electrons. The monoisotopic (exact) mass is 208 g/mol. The van der Waals surface area contributed by atoms with E-state index in [9.17, 15) is 4.79 Å². The minimum absolute atomic E-state index is 0.0215. The minimum Gasteiger partial charge on any atom is -0.292 e. The van der Waals surface area contributed by atoms with Crippen LogP contribution in [0, 0.1) is 0 Å². The first-order chi connectivity index (χ1) is 6.75. The summed E-state index contributed by atoms with van der Waals surface area (Å²) in [5.41, 5.74) is 2.82. The second-order valence-corrected chi connectivity index (χ2v) is 3.58. The summed E-state index contributed by atoms with van der Waals surface area (Å²) in [6, 6.07) is 0. The summed E-state index contributed by atoms with van der Waals surface area (Å²) in [5.74, 6) is -0.0215. The van der Waals surface area contributed by atoms with Gasteiger partial charge in [-0.2, -0.15) is 0 Å². The lowest BCUT2D eigenvalue weighted by molar-refractivity contribution is 0.0988. The van der Waals surface area contributed by atoms with Crippen LogP contribution in [0.25, 0.3) is 0 Å². The van der Waals surface area contributed by atoms with Crippen molar-refractivity contribution in [2.75, 3.05) is 0 Å². The van der Waals surface area contributed by atoms with Crippen LogP contribution >= 0.6 is 11.3 Å². The van der Waals surface area contributed by atoms with Crippen molar-refractivity contribution in [3.8, 4) is 0 Å². The average Bonchev–Trinajstić information content (AvgIpc) is 2.75. The highest BCUT2D eigenvalue weighted by Crippen LogP contribution is 2.05. The molecule has 5 nitrogen and oxygen atoms in total. The van der Waals surface area contributed by atoms with Crippen molar-refractivity contribution < 1.29 is 4.79 Å². The van der Waals surface area contributed by atoms with Crippen molar-refractivity contribution in [3.05, 3.63) is 28.5 Å². The van der Waals surface area contributed by atoms with Gasteiger partial charge in [0.15, 0.2) is 5.78 Å². The van der Waals surface area contributed by atoms with Gasteiger partial charge in [-0.05, 0) is 0 Å². The summed E-state index contributed by atoms with van der Waals surface area (Å²) in [6.45, 7) is 0. The fraction of sp³-hybridized carbons (Fsp3) is 0.250. The molecule has 2 heterocycles. The fourth-order valence-corrected chi connectivity index (χ4v) is 1.64. The van der Waals surface area contributed by atoms with Crippen LogP contribution in [-0.2, 0) is 13.5 Å². The SMILES string of the molecule is Cn1cc(CC(=O)c2cscn2)nn1. The molecule has 2 rings (SSSR count). The lowest BCUT2D eigenvalue weighted by atomic mass is 10.2. The number of nitrogens with zero attached hydrogens (tertiary/aromatic N) is 4. The molecule has 0 atom stereocenters. The van der Waals surface area contributed by atoms with E-state index in [0.29, 0.717) is 11.4 Å². The number of aryl methyl sites for hydroxylation is 1. The Labute approximate surface area is 84.4 Å². The summed E-state index contributed by atoms with van der Waals surface area (Å²) in [6.07, 6.45) is 1.99. The zero-order chi connectivity index (χ0) is 9.97. The number of aromatic nitrogens is 4. The first-order valence-corrected chi connectivity index (χ1v) is 4.96. The van der Waals surface area contributed by atoms with Gasteiger partial charge in [-0.25, -0.2) is 4.98 Å². The fourth-order valence-electron chi connectivity index (χ4n) is 1.08. The largest absolute Gasteiger partial charge is 0.292 e. The minimum atomic E-state index is -0.0215. The highest BCUT2D eigenvalue weighted by molar-refractivity contribution is 7.07. The first-order valence-electron chi connectivity index (χ1n) is 4.02. The zero-order valence-corrected chi connectivity index (χ0v) is 8.36. The van der Waals surface area contributed by atoms with Crippen molar-refractivity contribution in [3.63, 3.8) is 0 Å². The highest BCUT2D eigenvalue weighted by atomic mass is 32.1. The van der Waals surface area contributed by atoms with Gasteiger partial charge in [0.25, 0.3) is 0 Å². The van der Waals surface area contributed by atoms with E-state index < -0.39 is 0 Å². The lowest BCUT2D eigenvalue weighted by Gasteiger charge is -1.91. The normalized spacial score (nSPS) is 10.4. The Hall–Kier alpha value is -1.56. The molecule has 14 heavy (non-hydrogen) atoms.